The number of sulfone groups is 1. The molecule has 0 aliphatic rings. The average molecular weight is 177 g/mol. The van der Waals surface area contributed by atoms with Gasteiger partial charge in [-0.3, -0.25) is 0 Å². The Kier molecular flexibility index (Phi) is 5.15. The number of hydrogen-bond acceptors (Lipinski definition) is 3. The van der Waals surface area contributed by atoms with Crippen LogP contribution < -0.4 is 5.32 Å². The second-order valence-corrected chi connectivity index (χ2v) is 4.66. The monoisotopic (exact) mass is 177 g/mol. The van der Waals surface area contributed by atoms with Crippen LogP contribution in [0.3, 0.4) is 0 Å². The van der Waals surface area contributed by atoms with Crippen LogP contribution in [0.2, 0.25) is 0 Å². The fourth-order valence-electron chi connectivity index (χ4n) is 0.561. The maximum atomic E-state index is 10.6. The summed E-state index contributed by atoms with van der Waals surface area (Å²) in [5, 5.41) is 2.98. The van der Waals surface area contributed by atoms with E-state index in [9.17, 15) is 8.42 Å². The number of allylic oxidation sites excluding steroid dienone is 1. The Bertz CT molecular complexity index is 206. The van der Waals surface area contributed by atoms with Crippen LogP contribution in [0, 0.1) is 0 Å². The van der Waals surface area contributed by atoms with Crippen LogP contribution in [-0.4, -0.2) is 33.5 Å². The minimum absolute atomic E-state index is 0.213. The summed E-state index contributed by atoms with van der Waals surface area (Å²) in [6.45, 7) is 3.20. The molecule has 0 spiro atoms. The van der Waals surface area contributed by atoms with E-state index >= 15 is 0 Å². The van der Waals surface area contributed by atoms with Crippen molar-refractivity contribution in [3.8, 4) is 0 Å². The van der Waals surface area contributed by atoms with Crippen molar-refractivity contribution in [3.63, 3.8) is 0 Å². The predicted molar refractivity (Wildman–Crippen MR) is 47.4 cm³/mol. The Morgan fingerprint density at radius 3 is 2.55 bits per heavy atom. The molecule has 0 atom stereocenters. The van der Waals surface area contributed by atoms with Gasteiger partial charge >= 0.3 is 0 Å². The highest BCUT2D eigenvalue weighted by molar-refractivity contribution is 7.90. The van der Waals surface area contributed by atoms with Crippen LogP contribution >= 0.6 is 0 Å². The molecule has 0 radical (unpaired) electrons. The van der Waals surface area contributed by atoms with Gasteiger partial charge in [0.05, 0.1) is 5.75 Å². The summed E-state index contributed by atoms with van der Waals surface area (Å²) in [7, 11) is -2.80. The first-order valence-electron chi connectivity index (χ1n) is 3.56. The molecule has 0 saturated carbocycles. The minimum atomic E-state index is -2.80. The maximum Gasteiger partial charge on any atom is 0.148 e. The molecule has 1 N–H and O–H groups in total. The zero-order valence-electron chi connectivity index (χ0n) is 7.00. The molecule has 3 nitrogen and oxygen atoms in total. The Morgan fingerprint density at radius 1 is 1.45 bits per heavy atom. The fraction of sp³-hybridized carbons (Fsp3) is 0.714. The van der Waals surface area contributed by atoms with Crippen LogP contribution in [-0.2, 0) is 9.84 Å². The lowest BCUT2D eigenvalue weighted by molar-refractivity contribution is 0.598. The van der Waals surface area contributed by atoms with Gasteiger partial charge in [-0.25, -0.2) is 8.42 Å². The average Bonchev–Trinajstić information content (AvgIpc) is 1.85. The van der Waals surface area contributed by atoms with Crippen molar-refractivity contribution in [2.45, 2.75) is 6.92 Å². The predicted octanol–water partition coefficient (Wildman–Crippen LogP) is 0.197. The maximum absolute atomic E-state index is 10.6. The van der Waals surface area contributed by atoms with Gasteiger partial charge < -0.3 is 5.32 Å². The molecule has 0 bridgehead atoms. The van der Waals surface area contributed by atoms with E-state index in [2.05, 4.69) is 5.32 Å². The summed E-state index contributed by atoms with van der Waals surface area (Å²) in [6.07, 6.45) is 5.11. The molecule has 0 fully saturated rings. The smallest absolute Gasteiger partial charge is 0.148 e. The summed E-state index contributed by atoms with van der Waals surface area (Å²) in [5.74, 6) is 0.213. The van der Waals surface area contributed by atoms with Gasteiger partial charge in [-0.05, 0) is 6.92 Å². The molecule has 0 aromatic carbocycles. The lowest BCUT2D eigenvalue weighted by Crippen LogP contribution is -2.22. The summed E-state index contributed by atoms with van der Waals surface area (Å²) >= 11 is 0. The van der Waals surface area contributed by atoms with Crippen molar-refractivity contribution in [2.75, 3.05) is 25.1 Å². The lowest BCUT2D eigenvalue weighted by atomic mass is 10.5. The van der Waals surface area contributed by atoms with E-state index in [1.54, 1.807) is 0 Å². The van der Waals surface area contributed by atoms with Gasteiger partial charge in [-0.15, -0.1) is 0 Å². The van der Waals surface area contributed by atoms with E-state index in [0.717, 1.165) is 6.54 Å². The van der Waals surface area contributed by atoms with Gasteiger partial charge in [0.25, 0.3) is 0 Å². The zero-order valence-corrected chi connectivity index (χ0v) is 7.82. The number of nitrogens with one attached hydrogen (secondary N) is 1. The first-order valence-corrected chi connectivity index (χ1v) is 5.62. The molecular weight excluding hydrogens is 162 g/mol. The van der Waals surface area contributed by atoms with Crippen LogP contribution in [0.25, 0.3) is 0 Å². The second-order valence-electron chi connectivity index (χ2n) is 2.40. The molecule has 0 heterocycles. The van der Waals surface area contributed by atoms with Gasteiger partial charge in [0.1, 0.15) is 9.84 Å². The van der Waals surface area contributed by atoms with E-state index in [0.29, 0.717) is 6.54 Å². The third-order valence-corrected chi connectivity index (χ3v) is 2.09. The topological polar surface area (TPSA) is 46.2 Å². The summed E-state index contributed by atoms with van der Waals surface area (Å²) in [6, 6.07) is 0. The van der Waals surface area contributed by atoms with E-state index in [1.807, 2.05) is 19.1 Å². The second kappa shape index (κ2) is 5.32. The van der Waals surface area contributed by atoms with Crippen LogP contribution in [0.15, 0.2) is 12.2 Å². The van der Waals surface area contributed by atoms with Crippen LogP contribution in [0.4, 0.5) is 0 Å². The van der Waals surface area contributed by atoms with Crippen LogP contribution in [0.5, 0.6) is 0 Å². The SMILES string of the molecule is C/C=C/CNCCS(C)(=O)=O. The van der Waals surface area contributed by atoms with E-state index < -0.39 is 9.84 Å². The fourth-order valence-corrected chi connectivity index (χ4v) is 1.08. The van der Waals surface area contributed by atoms with Gasteiger partial charge in [0.2, 0.25) is 0 Å². The minimum Gasteiger partial charge on any atom is -0.312 e. The first-order chi connectivity index (χ1) is 5.06. The van der Waals surface area contributed by atoms with Gasteiger partial charge in [0, 0.05) is 19.3 Å². The number of hydrogen-bond donors (Lipinski definition) is 1. The van der Waals surface area contributed by atoms with E-state index in [4.69, 9.17) is 0 Å². The molecule has 0 rings (SSSR count). The molecule has 0 aliphatic carbocycles. The molecule has 0 aliphatic heterocycles. The van der Waals surface area contributed by atoms with E-state index in [1.165, 1.54) is 6.26 Å². The van der Waals surface area contributed by atoms with Crippen molar-refractivity contribution in [1.29, 1.82) is 0 Å². The van der Waals surface area contributed by atoms with Crippen molar-refractivity contribution >= 4 is 9.84 Å². The highest BCUT2D eigenvalue weighted by Gasteiger charge is 1.98. The van der Waals surface area contributed by atoms with Crippen molar-refractivity contribution in [2.24, 2.45) is 0 Å². The molecule has 11 heavy (non-hydrogen) atoms. The Labute approximate surface area is 68.4 Å². The van der Waals surface area contributed by atoms with Gasteiger partial charge in [0.15, 0.2) is 0 Å². The van der Waals surface area contributed by atoms with Gasteiger partial charge in [-0.2, -0.15) is 0 Å². The first kappa shape index (κ1) is 10.7. The van der Waals surface area contributed by atoms with Gasteiger partial charge in [-0.1, -0.05) is 12.2 Å². The quantitative estimate of drug-likeness (QED) is 0.482. The van der Waals surface area contributed by atoms with Crippen LogP contribution in [0.1, 0.15) is 6.92 Å². The number of rotatable bonds is 5. The molecular formula is C7H15NO2S. The highest BCUT2D eigenvalue weighted by atomic mass is 32.2. The highest BCUT2D eigenvalue weighted by Crippen LogP contribution is 1.79. The zero-order chi connectivity index (χ0) is 8.74. The summed E-state index contributed by atoms with van der Waals surface area (Å²) < 4.78 is 21.2. The summed E-state index contributed by atoms with van der Waals surface area (Å²) in [4.78, 5) is 0. The molecule has 0 saturated heterocycles. The summed E-state index contributed by atoms with van der Waals surface area (Å²) in [5.41, 5.74) is 0. The Hall–Kier alpha value is -0.350. The largest absolute Gasteiger partial charge is 0.312 e. The normalized spacial score (nSPS) is 12.5. The standard InChI is InChI=1S/C7H15NO2S/c1-3-4-5-8-6-7-11(2,9)10/h3-4,8H,5-7H2,1-2H3/b4-3+. The Morgan fingerprint density at radius 2 is 2.09 bits per heavy atom. The molecule has 66 valence electrons. The van der Waals surface area contributed by atoms with E-state index in [-0.39, 0.29) is 5.75 Å². The molecule has 4 heteroatoms. The van der Waals surface area contributed by atoms with Crippen molar-refractivity contribution in [3.05, 3.63) is 12.2 Å². The molecule has 0 amide bonds. The third-order valence-electron chi connectivity index (χ3n) is 1.15. The molecule has 0 aromatic heterocycles. The third kappa shape index (κ3) is 9.65. The van der Waals surface area contributed by atoms with Crippen molar-refractivity contribution in [1.82, 2.24) is 5.32 Å². The Balaban J connectivity index is 3.29. The van der Waals surface area contributed by atoms with Crippen molar-refractivity contribution < 1.29 is 8.42 Å². The lowest BCUT2D eigenvalue weighted by Gasteiger charge is -1.98. The molecule has 0 aromatic rings. The molecule has 0 unspecified atom stereocenters.